The molecule has 1 N–H and O–H groups in total. The van der Waals surface area contributed by atoms with Gasteiger partial charge in [-0.1, -0.05) is 24.3 Å². The highest BCUT2D eigenvalue weighted by Crippen LogP contribution is 2.29. The molecule has 0 atom stereocenters. The highest BCUT2D eigenvalue weighted by molar-refractivity contribution is 5.78. The predicted octanol–water partition coefficient (Wildman–Crippen LogP) is 4.37. The number of imidazole rings is 1. The summed E-state index contributed by atoms with van der Waals surface area (Å²) in [6.45, 7) is 0. The minimum atomic E-state index is -0.278. The van der Waals surface area contributed by atoms with E-state index in [1.54, 1.807) is 38.6 Å². The van der Waals surface area contributed by atoms with Crippen molar-refractivity contribution in [2.24, 2.45) is 0 Å². The molecule has 2 aromatic heterocycles. The van der Waals surface area contributed by atoms with Gasteiger partial charge in [0.25, 0.3) is 0 Å². The molecule has 136 valence electrons. The smallest absolute Gasteiger partial charge is 0.161 e. The third-order valence-electron chi connectivity index (χ3n) is 4.39. The van der Waals surface area contributed by atoms with Crippen LogP contribution in [0.3, 0.4) is 0 Å². The molecule has 4 aromatic rings. The average Bonchev–Trinajstić information content (AvgIpc) is 3.09. The minimum Gasteiger partial charge on any atom is -0.493 e. The van der Waals surface area contributed by atoms with Crippen molar-refractivity contribution in [3.63, 3.8) is 0 Å². The van der Waals surface area contributed by atoms with Crippen LogP contribution in [0.25, 0.3) is 22.3 Å². The number of aromatic nitrogens is 3. The quantitative estimate of drug-likeness (QED) is 0.572. The van der Waals surface area contributed by atoms with E-state index in [2.05, 4.69) is 15.0 Å². The SMILES string of the molecule is COc1ccc(Cc2nc3cc(-c4ccccc4F)cnc3[nH]2)cc1OC. The summed E-state index contributed by atoms with van der Waals surface area (Å²) in [5.41, 5.74) is 3.61. The molecule has 0 amide bonds. The fourth-order valence-corrected chi connectivity index (χ4v) is 3.05. The molecule has 0 aliphatic rings. The van der Waals surface area contributed by atoms with Gasteiger partial charge in [-0.25, -0.2) is 14.4 Å². The Kier molecular flexibility index (Phi) is 4.46. The molecule has 0 spiro atoms. The number of benzene rings is 2. The van der Waals surface area contributed by atoms with Crippen LogP contribution < -0.4 is 9.47 Å². The Morgan fingerprint density at radius 1 is 1.00 bits per heavy atom. The summed E-state index contributed by atoms with van der Waals surface area (Å²) < 4.78 is 24.6. The molecule has 0 unspecified atom stereocenters. The van der Waals surface area contributed by atoms with Gasteiger partial charge in [-0.05, 0) is 29.8 Å². The topological polar surface area (TPSA) is 60.0 Å². The maximum absolute atomic E-state index is 14.0. The number of ether oxygens (including phenoxy) is 2. The van der Waals surface area contributed by atoms with Crippen molar-refractivity contribution in [1.82, 2.24) is 15.0 Å². The summed E-state index contributed by atoms with van der Waals surface area (Å²) in [5, 5.41) is 0. The second kappa shape index (κ2) is 7.07. The van der Waals surface area contributed by atoms with Crippen LogP contribution in [0.5, 0.6) is 11.5 Å². The lowest BCUT2D eigenvalue weighted by Crippen LogP contribution is -1.95. The first-order valence-corrected chi connectivity index (χ1v) is 8.48. The van der Waals surface area contributed by atoms with Crippen LogP contribution in [0, 0.1) is 5.82 Å². The number of halogens is 1. The van der Waals surface area contributed by atoms with Crippen molar-refractivity contribution in [1.29, 1.82) is 0 Å². The largest absolute Gasteiger partial charge is 0.493 e. The van der Waals surface area contributed by atoms with E-state index in [0.717, 1.165) is 11.4 Å². The molecule has 0 radical (unpaired) electrons. The van der Waals surface area contributed by atoms with E-state index in [0.29, 0.717) is 40.2 Å². The van der Waals surface area contributed by atoms with Crippen molar-refractivity contribution in [3.05, 3.63) is 71.9 Å². The Hall–Kier alpha value is -3.41. The number of aromatic amines is 1. The molecule has 27 heavy (non-hydrogen) atoms. The lowest BCUT2D eigenvalue weighted by Gasteiger charge is -2.08. The molecule has 0 saturated carbocycles. The van der Waals surface area contributed by atoms with Crippen molar-refractivity contribution < 1.29 is 13.9 Å². The average molecular weight is 363 g/mol. The fourth-order valence-electron chi connectivity index (χ4n) is 3.05. The predicted molar refractivity (Wildman–Crippen MR) is 102 cm³/mol. The van der Waals surface area contributed by atoms with Gasteiger partial charge in [-0.2, -0.15) is 0 Å². The molecule has 4 rings (SSSR count). The Balaban J connectivity index is 1.65. The van der Waals surface area contributed by atoms with Crippen molar-refractivity contribution >= 4 is 11.2 Å². The van der Waals surface area contributed by atoms with E-state index in [4.69, 9.17) is 9.47 Å². The van der Waals surface area contributed by atoms with E-state index in [1.807, 2.05) is 24.3 Å². The fraction of sp³-hybridized carbons (Fsp3) is 0.143. The van der Waals surface area contributed by atoms with Gasteiger partial charge in [0.1, 0.15) is 17.2 Å². The Morgan fingerprint density at radius 2 is 1.81 bits per heavy atom. The van der Waals surface area contributed by atoms with Gasteiger partial charge in [0.05, 0.1) is 14.2 Å². The van der Waals surface area contributed by atoms with Gasteiger partial charge < -0.3 is 14.5 Å². The van der Waals surface area contributed by atoms with E-state index in [1.165, 1.54) is 6.07 Å². The Labute approximate surface area is 155 Å². The van der Waals surface area contributed by atoms with Gasteiger partial charge in [0.15, 0.2) is 17.1 Å². The minimum absolute atomic E-state index is 0.278. The molecule has 0 aliphatic carbocycles. The molecule has 0 aliphatic heterocycles. The maximum atomic E-state index is 14.0. The molecule has 5 nitrogen and oxygen atoms in total. The second-order valence-electron chi connectivity index (χ2n) is 6.12. The molecule has 2 heterocycles. The molecule has 0 bridgehead atoms. The number of methoxy groups -OCH3 is 2. The zero-order valence-corrected chi connectivity index (χ0v) is 15.0. The molecule has 0 saturated heterocycles. The van der Waals surface area contributed by atoms with Crippen LogP contribution in [0.4, 0.5) is 4.39 Å². The number of H-pyrrole nitrogens is 1. The highest BCUT2D eigenvalue weighted by atomic mass is 19.1. The van der Waals surface area contributed by atoms with Crippen LogP contribution >= 0.6 is 0 Å². The molecule has 2 aromatic carbocycles. The first kappa shape index (κ1) is 17.0. The maximum Gasteiger partial charge on any atom is 0.161 e. The summed E-state index contributed by atoms with van der Waals surface area (Å²) in [5.74, 6) is 1.85. The van der Waals surface area contributed by atoms with Gasteiger partial charge in [0.2, 0.25) is 0 Å². The van der Waals surface area contributed by atoms with Crippen LogP contribution in [-0.2, 0) is 6.42 Å². The van der Waals surface area contributed by atoms with Gasteiger partial charge in [0, 0.05) is 23.7 Å². The van der Waals surface area contributed by atoms with E-state index >= 15 is 0 Å². The first-order valence-electron chi connectivity index (χ1n) is 8.48. The summed E-state index contributed by atoms with van der Waals surface area (Å²) in [6, 6.07) is 14.2. The molecule has 0 fully saturated rings. The standard InChI is InChI=1S/C21H18FN3O2/c1-26-18-8-7-13(9-19(18)27-2)10-20-24-17-11-14(12-23-21(17)25-20)15-5-3-4-6-16(15)22/h3-9,11-12H,10H2,1-2H3,(H,23,24,25). The molecular formula is C21H18FN3O2. The van der Waals surface area contributed by atoms with Gasteiger partial charge in [-0.3, -0.25) is 0 Å². The van der Waals surface area contributed by atoms with Gasteiger partial charge in [-0.15, -0.1) is 0 Å². The third-order valence-corrected chi connectivity index (χ3v) is 4.39. The van der Waals surface area contributed by atoms with Crippen LogP contribution in [0.2, 0.25) is 0 Å². The number of rotatable bonds is 5. The second-order valence-corrected chi connectivity index (χ2v) is 6.12. The number of pyridine rings is 1. The lowest BCUT2D eigenvalue weighted by molar-refractivity contribution is 0.354. The highest BCUT2D eigenvalue weighted by Gasteiger charge is 2.11. The first-order chi connectivity index (χ1) is 13.2. The lowest BCUT2D eigenvalue weighted by atomic mass is 10.1. The van der Waals surface area contributed by atoms with Crippen LogP contribution in [-0.4, -0.2) is 29.2 Å². The molecular weight excluding hydrogens is 345 g/mol. The zero-order valence-electron chi connectivity index (χ0n) is 15.0. The third kappa shape index (κ3) is 3.33. The number of hydrogen-bond acceptors (Lipinski definition) is 4. The van der Waals surface area contributed by atoms with E-state index in [-0.39, 0.29) is 5.82 Å². The number of hydrogen-bond donors (Lipinski definition) is 1. The number of fused-ring (bicyclic) bond motifs is 1. The van der Waals surface area contributed by atoms with Crippen molar-refractivity contribution in [2.45, 2.75) is 6.42 Å². The Morgan fingerprint density at radius 3 is 2.59 bits per heavy atom. The Bertz CT molecular complexity index is 1110. The summed E-state index contributed by atoms with van der Waals surface area (Å²) in [4.78, 5) is 12.2. The van der Waals surface area contributed by atoms with Crippen LogP contribution in [0.15, 0.2) is 54.7 Å². The zero-order chi connectivity index (χ0) is 18.8. The normalized spacial score (nSPS) is 10.9. The van der Waals surface area contributed by atoms with Crippen molar-refractivity contribution in [2.75, 3.05) is 14.2 Å². The van der Waals surface area contributed by atoms with Crippen LogP contribution in [0.1, 0.15) is 11.4 Å². The monoisotopic (exact) mass is 363 g/mol. The van der Waals surface area contributed by atoms with Gasteiger partial charge >= 0.3 is 0 Å². The molecule has 6 heteroatoms. The summed E-state index contributed by atoms with van der Waals surface area (Å²) in [7, 11) is 3.21. The summed E-state index contributed by atoms with van der Waals surface area (Å²) >= 11 is 0. The number of nitrogens with one attached hydrogen (secondary N) is 1. The summed E-state index contributed by atoms with van der Waals surface area (Å²) in [6.07, 6.45) is 2.24. The van der Waals surface area contributed by atoms with Crippen molar-refractivity contribution in [3.8, 4) is 22.6 Å². The number of nitrogens with zero attached hydrogens (tertiary/aromatic N) is 2. The van der Waals surface area contributed by atoms with E-state index in [9.17, 15) is 4.39 Å². The van der Waals surface area contributed by atoms with E-state index < -0.39 is 0 Å².